The van der Waals surface area contributed by atoms with Crippen LogP contribution < -0.4 is 0 Å². The molecule has 0 amide bonds. The molecule has 0 aromatic rings. The first-order chi connectivity index (χ1) is 14.4. The highest BCUT2D eigenvalue weighted by atomic mass is 28.4. The number of rotatable bonds is 8. The normalized spacial score (nSPS) is 25.9. The van der Waals surface area contributed by atoms with Crippen molar-refractivity contribution in [1.29, 1.82) is 0 Å². The van der Waals surface area contributed by atoms with Gasteiger partial charge in [-0.1, -0.05) is 39.3 Å². The number of fused-ring (bicyclic) bond motifs is 1. The minimum Gasteiger partial charge on any atom is -0.468 e. The van der Waals surface area contributed by atoms with Crippen LogP contribution in [0.15, 0.2) is 12.2 Å². The third-order valence-electron chi connectivity index (χ3n) is 7.68. The summed E-state index contributed by atoms with van der Waals surface area (Å²) in [6.07, 6.45) is 9.25. The van der Waals surface area contributed by atoms with E-state index >= 15 is 0 Å². The molecule has 31 heavy (non-hydrogen) atoms. The predicted octanol–water partition coefficient (Wildman–Crippen LogP) is 5.26. The van der Waals surface area contributed by atoms with Gasteiger partial charge in [0.05, 0.1) is 20.3 Å². The van der Waals surface area contributed by atoms with Gasteiger partial charge >= 0.3 is 11.9 Å². The van der Waals surface area contributed by atoms with Gasteiger partial charge in [-0.2, -0.15) is 0 Å². The van der Waals surface area contributed by atoms with E-state index in [0.717, 1.165) is 12.8 Å². The minimum absolute atomic E-state index is 0.0161. The lowest BCUT2D eigenvalue weighted by molar-refractivity contribution is -0.168. The van der Waals surface area contributed by atoms with E-state index in [1.807, 2.05) is 6.08 Å². The summed E-state index contributed by atoms with van der Waals surface area (Å²) >= 11 is 0. The molecule has 2 aliphatic carbocycles. The summed E-state index contributed by atoms with van der Waals surface area (Å²) in [6, 6.07) is 0. The first kappa shape index (κ1) is 25.7. The Bertz CT molecular complexity index is 751. The Labute approximate surface area is 189 Å². The Morgan fingerprint density at radius 3 is 2.26 bits per heavy atom. The Morgan fingerprint density at radius 1 is 1.13 bits per heavy atom. The maximum atomic E-state index is 12.6. The highest BCUT2D eigenvalue weighted by molar-refractivity contribution is 6.74. The number of esters is 2. The molecule has 0 saturated heterocycles. The second kappa shape index (κ2) is 9.50. The van der Waals surface area contributed by atoms with Crippen LogP contribution >= 0.6 is 0 Å². The molecule has 0 spiro atoms. The fourth-order valence-electron chi connectivity index (χ4n) is 4.54. The van der Waals surface area contributed by atoms with Crippen molar-refractivity contribution >= 4 is 20.3 Å². The summed E-state index contributed by atoms with van der Waals surface area (Å²) in [5, 5.41) is 0.156. The lowest BCUT2D eigenvalue weighted by Gasteiger charge is -2.43. The van der Waals surface area contributed by atoms with Gasteiger partial charge in [0.1, 0.15) is 0 Å². The van der Waals surface area contributed by atoms with Crippen molar-refractivity contribution in [2.45, 2.75) is 90.5 Å². The van der Waals surface area contributed by atoms with Crippen LogP contribution in [0.2, 0.25) is 18.1 Å². The smallest absolute Gasteiger partial charge is 0.324 e. The molecule has 6 heteroatoms. The number of carbonyl (C=O) groups excluding carboxylic acids is 2. The summed E-state index contributed by atoms with van der Waals surface area (Å²) in [6.45, 7) is 13.1. The quantitative estimate of drug-likeness (QED) is 0.167. The summed E-state index contributed by atoms with van der Waals surface area (Å²) < 4.78 is 16.8. The van der Waals surface area contributed by atoms with Crippen molar-refractivity contribution in [2.24, 2.45) is 16.7 Å². The predicted molar refractivity (Wildman–Crippen MR) is 125 cm³/mol. The number of ether oxygens (including phenoxy) is 2. The Balaban J connectivity index is 2.28. The highest BCUT2D eigenvalue weighted by Crippen LogP contribution is 2.64. The van der Waals surface area contributed by atoms with Gasteiger partial charge < -0.3 is 13.9 Å². The molecule has 0 heterocycles. The highest BCUT2D eigenvalue weighted by Gasteiger charge is 2.60. The van der Waals surface area contributed by atoms with Gasteiger partial charge in [0.25, 0.3) is 0 Å². The molecule has 2 aliphatic rings. The van der Waals surface area contributed by atoms with Crippen molar-refractivity contribution < 1.29 is 23.5 Å². The van der Waals surface area contributed by atoms with E-state index in [4.69, 9.17) is 13.9 Å². The number of hydrogen-bond donors (Lipinski definition) is 0. The lowest BCUT2D eigenvalue weighted by atomic mass is 9.79. The molecule has 0 bridgehead atoms. The fraction of sp³-hybridized carbons (Fsp3) is 0.760. The van der Waals surface area contributed by atoms with E-state index in [2.05, 4.69) is 51.8 Å². The summed E-state index contributed by atoms with van der Waals surface area (Å²) in [5.74, 6) is 5.07. The monoisotopic (exact) mass is 448 g/mol. The standard InChI is InChI=1S/C25H40O5Si/c1-9-10-15-24(21(26)28-5,22(27)29-6)16-12-17-25-18-19(25)13-11-14-20(25)30-31(7,8)23(2,3)4/h12,17,19-20H,11,13-16,18H2,1-8H3/b17-12+/t19-,20+,25+/m1/s1. The van der Waals surface area contributed by atoms with Crippen molar-refractivity contribution in [2.75, 3.05) is 14.2 Å². The van der Waals surface area contributed by atoms with Crippen molar-refractivity contribution in [3.8, 4) is 11.8 Å². The Morgan fingerprint density at radius 2 is 1.74 bits per heavy atom. The number of carbonyl (C=O) groups is 2. The molecule has 0 unspecified atom stereocenters. The summed E-state index contributed by atoms with van der Waals surface area (Å²) in [5.41, 5.74) is -1.42. The molecular weight excluding hydrogens is 408 g/mol. The number of methoxy groups -OCH3 is 2. The van der Waals surface area contributed by atoms with E-state index in [1.54, 1.807) is 6.92 Å². The van der Waals surface area contributed by atoms with Crippen LogP contribution in [0, 0.1) is 28.6 Å². The maximum Gasteiger partial charge on any atom is 0.324 e. The average molecular weight is 449 g/mol. The van der Waals surface area contributed by atoms with Crippen LogP contribution in [0.5, 0.6) is 0 Å². The van der Waals surface area contributed by atoms with E-state index in [9.17, 15) is 9.59 Å². The molecule has 0 aromatic heterocycles. The van der Waals surface area contributed by atoms with Gasteiger partial charge in [0, 0.05) is 11.8 Å². The Hall–Kier alpha value is -1.58. The molecule has 0 radical (unpaired) electrons. The summed E-state index contributed by atoms with van der Waals surface area (Å²) in [4.78, 5) is 25.3. The second-order valence-corrected chi connectivity index (χ2v) is 15.3. The molecule has 0 aliphatic heterocycles. The largest absolute Gasteiger partial charge is 0.468 e. The fourth-order valence-corrected chi connectivity index (χ4v) is 5.94. The van der Waals surface area contributed by atoms with Crippen molar-refractivity contribution in [3.63, 3.8) is 0 Å². The molecule has 5 nitrogen and oxygen atoms in total. The first-order valence-electron chi connectivity index (χ1n) is 11.3. The zero-order valence-corrected chi connectivity index (χ0v) is 21.6. The van der Waals surface area contributed by atoms with Gasteiger partial charge in [-0.3, -0.25) is 9.59 Å². The zero-order valence-electron chi connectivity index (χ0n) is 20.6. The molecule has 0 N–H and O–H groups in total. The van der Waals surface area contributed by atoms with Crippen molar-refractivity contribution in [3.05, 3.63) is 12.2 Å². The van der Waals surface area contributed by atoms with Crippen LogP contribution in [0.4, 0.5) is 0 Å². The molecule has 2 saturated carbocycles. The average Bonchev–Trinajstić information content (AvgIpc) is 3.44. The molecule has 3 atom stereocenters. The van der Waals surface area contributed by atoms with Gasteiger partial charge in [-0.15, -0.1) is 11.8 Å². The second-order valence-electron chi connectivity index (χ2n) is 10.6. The number of allylic oxidation sites excluding steroid dienone is 1. The van der Waals surface area contributed by atoms with Crippen LogP contribution in [-0.2, 0) is 23.5 Å². The molecule has 0 aromatic carbocycles. The SMILES string of the molecule is CC#CCC(C/C=C/[C@]12C[C@H]1CCC[C@@H]2O[Si](C)(C)C(C)(C)C)(C(=O)OC)C(=O)OC. The van der Waals surface area contributed by atoms with Gasteiger partial charge in [-0.05, 0) is 56.7 Å². The minimum atomic E-state index is -1.90. The van der Waals surface area contributed by atoms with Crippen LogP contribution in [0.1, 0.15) is 66.2 Å². The van der Waals surface area contributed by atoms with Crippen LogP contribution in [-0.4, -0.2) is 40.6 Å². The van der Waals surface area contributed by atoms with E-state index < -0.39 is 25.7 Å². The molecular formula is C25H40O5Si. The topological polar surface area (TPSA) is 61.8 Å². The van der Waals surface area contributed by atoms with Crippen molar-refractivity contribution in [1.82, 2.24) is 0 Å². The van der Waals surface area contributed by atoms with Gasteiger partial charge in [0.15, 0.2) is 13.7 Å². The van der Waals surface area contributed by atoms with E-state index in [-0.39, 0.29) is 29.4 Å². The van der Waals surface area contributed by atoms with Crippen LogP contribution in [0.25, 0.3) is 0 Å². The van der Waals surface area contributed by atoms with Gasteiger partial charge in [-0.25, -0.2) is 0 Å². The van der Waals surface area contributed by atoms with E-state index in [0.29, 0.717) is 5.92 Å². The van der Waals surface area contributed by atoms with Crippen LogP contribution in [0.3, 0.4) is 0 Å². The molecule has 2 fully saturated rings. The summed E-state index contributed by atoms with van der Waals surface area (Å²) in [7, 11) is 0.694. The Kier molecular flexibility index (Phi) is 7.87. The lowest BCUT2D eigenvalue weighted by Crippen LogP contribution is -2.47. The van der Waals surface area contributed by atoms with Gasteiger partial charge in [0.2, 0.25) is 0 Å². The third kappa shape index (κ3) is 5.09. The van der Waals surface area contributed by atoms with E-state index in [1.165, 1.54) is 27.1 Å². The maximum absolute atomic E-state index is 12.6. The zero-order chi connectivity index (χ0) is 23.5. The molecule has 174 valence electrons. The third-order valence-corrected chi connectivity index (χ3v) is 12.2. The number of hydrogen-bond acceptors (Lipinski definition) is 5. The first-order valence-corrected chi connectivity index (χ1v) is 14.2. The molecule has 2 rings (SSSR count).